The van der Waals surface area contributed by atoms with E-state index < -0.39 is 0 Å². The van der Waals surface area contributed by atoms with Crippen molar-refractivity contribution in [1.29, 1.82) is 0 Å². The van der Waals surface area contributed by atoms with Crippen LogP contribution in [0.15, 0.2) is 51.5 Å². The summed E-state index contributed by atoms with van der Waals surface area (Å²) in [5.74, 6) is 0.341. The highest BCUT2D eigenvalue weighted by Gasteiger charge is 2.18. The molecule has 0 saturated carbocycles. The van der Waals surface area contributed by atoms with E-state index >= 15 is 0 Å². The summed E-state index contributed by atoms with van der Waals surface area (Å²) in [7, 11) is 0. The van der Waals surface area contributed by atoms with Gasteiger partial charge in [-0.2, -0.15) is 0 Å². The van der Waals surface area contributed by atoms with Crippen molar-refractivity contribution in [2.45, 2.75) is 13.8 Å². The first-order valence-corrected chi connectivity index (χ1v) is 7.44. The van der Waals surface area contributed by atoms with Crippen LogP contribution in [-0.4, -0.2) is 5.16 Å². The van der Waals surface area contributed by atoms with E-state index in [0.717, 1.165) is 32.4 Å². The summed E-state index contributed by atoms with van der Waals surface area (Å²) in [5.41, 5.74) is 12.0. The molecule has 1 heterocycles. The van der Waals surface area contributed by atoms with E-state index in [1.807, 2.05) is 24.3 Å². The maximum atomic E-state index is 6.00. The van der Waals surface area contributed by atoms with Crippen LogP contribution in [0, 0.1) is 13.8 Å². The van der Waals surface area contributed by atoms with Gasteiger partial charge in [0.25, 0.3) is 0 Å². The Hall–Kier alpha value is -2.07. The van der Waals surface area contributed by atoms with Crippen LogP contribution >= 0.6 is 15.9 Å². The van der Waals surface area contributed by atoms with Gasteiger partial charge in [-0.3, -0.25) is 0 Å². The Kier molecular flexibility index (Phi) is 3.55. The average molecular weight is 343 g/mol. The summed E-state index contributed by atoms with van der Waals surface area (Å²) in [6.07, 6.45) is 0. The number of anilines is 1. The van der Waals surface area contributed by atoms with Crippen LogP contribution in [-0.2, 0) is 0 Å². The molecule has 3 aromatic rings. The van der Waals surface area contributed by atoms with Gasteiger partial charge in [-0.15, -0.1) is 0 Å². The molecule has 0 fully saturated rings. The number of nitrogen functional groups attached to an aromatic ring is 1. The van der Waals surface area contributed by atoms with E-state index in [4.69, 9.17) is 10.3 Å². The van der Waals surface area contributed by atoms with E-state index in [9.17, 15) is 0 Å². The minimum absolute atomic E-state index is 0.341. The van der Waals surface area contributed by atoms with Crippen LogP contribution in [0.5, 0.6) is 0 Å². The summed E-state index contributed by atoms with van der Waals surface area (Å²) < 4.78 is 6.27. The van der Waals surface area contributed by atoms with Gasteiger partial charge in [0.1, 0.15) is 5.69 Å². The Morgan fingerprint density at radius 2 is 1.76 bits per heavy atom. The summed E-state index contributed by atoms with van der Waals surface area (Å²) in [6, 6.07) is 14.2. The molecule has 4 heteroatoms. The third kappa shape index (κ3) is 2.59. The van der Waals surface area contributed by atoms with Crippen LogP contribution < -0.4 is 5.73 Å². The number of nitrogens with two attached hydrogens (primary N) is 1. The lowest BCUT2D eigenvalue weighted by Gasteiger charge is -2.07. The highest BCUT2D eigenvalue weighted by atomic mass is 79.9. The largest absolute Gasteiger partial charge is 0.367 e. The van der Waals surface area contributed by atoms with E-state index in [2.05, 4.69) is 53.1 Å². The van der Waals surface area contributed by atoms with Gasteiger partial charge in [0, 0.05) is 10.0 Å². The van der Waals surface area contributed by atoms with E-state index in [-0.39, 0.29) is 0 Å². The van der Waals surface area contributed by atoms with Crippen LogP contribution in [0.3, 0.4) is 0 Å². The second kappa shape index (κ2) is 5.37. The van der Waals surface area contributed by atoms with Crippen molar-refractivity contribution in [3.05, 3.63) is 58.1 Å². The maximum absolute atomic E-state index is 6.00. The lowest BCUT2D eigenvalue weighted by atomic mass is 9.97. The fraction of sp³-hybridized carbons (Fsp3) is 0.118. The zero-order valence-corrected chi connectivity index (χ0v) is 13.4. The monoisotopic (exact) mass is 342 g/mol. The number of benzene rings is 2. The molecule has 0 spiro atoms. The van der Waals surface area contributed by atoms with Crippen molar-refractivity contribution in [2.24, 2.45) is 0 Å². The first kappa shape index (κ1) is 13.9. The molecule has 0 aliphatic carbocycles. The molecule has 3 nitrogen and oxygen atoms in total. The normalized spacial score (nSPS) is 10.8. The lowest BCUT2D eigenvalue weighted by molar-refractivity contribution is 0.439. The smallest absolute Gasteiger partial charge is 0.230 e. The molecule has 106 valence electrons. The van der Waals surface area contributed by atoms with Gasteiger partial charge in [0.15, 0.2) is 0 Å². The highest BCUT2D eigenvalue weighted by molar-refractivity contribution is 9.10. The SMILES string of the molecule is Cc1ccc(C)c(-c2noc(N)c2-c2ccc(Br)cc2)c1. The number of hydrogen-bond acceptors (Lipinski definition) is 3. The predicted octanol–water partition coefficient (Wildman–Crippen LogP) is 4.97. The van der Waals surface area contributed by atoms with Gasteiger partial charge < -0.3 is 10.3 Å². The van der Waals surface area contributed by atoms with E-state index in [1.54, 1.807) is 0 Å². The number of halogens is 1. The molecule has 0 aliphatic rings. The van der Waals surface area contributed by atoms with Gasteiger partial charge in [-0.05, 0) is 43.2 Å². The Morgan fingerprint density at radius 3 is 2.48 bits per heavy atom. The third-order valence-electron chi connectivity index (χ3n) is 3.50. The van der Waals surface area contributed by atoms with Gasteiger partial charge in [0.05, 0.1) is 5.56 Å². The molecule has 0 radical (unpaired) electrons. The standard InChI is InChI=1S/C17H15BrN2O/c1-10-3-4-11(2)14(9-10)16-15(17(19)21-20-16)12-5-7-13(18)8-6-12/h3-9H,19H2,1-2H3. The van der Waals surface area contributed by atoms with Crippen LogP contribution in [0.2, 0.25) is 0 Å². The third-order valence-corrected chi connectivity index (χ3v) is 4.03. The summed E-state index contributed by atoms with van der Waals surface area (Å²) in [6.45, 7) is 4.12. The molecule has 1 aromatic heterocycles. The number of hydrogen-bond donors (Lipinski definition) is 1. The maximum Gasteiger partial charge on any atom is 0.230 e. The molecule has 0 saturated heterocycles. The first-order valence-electron chi connectivity index (χ1n) is 6.65. The second-order valence-electron chi connectivity index (χ2n) is 5.10. The van der Waals surface area contributed by atoms with Crippen molar-refractivity contribution >= 4 is 21.8 Å². The van der Waals surface area contributed by atoms with Crippen molar-refractivity contribution in [3.63, 3.8) is 0 Å². The molecular formula is C17H15BrN2O. The molecule has 21 heavy (non-hydrogen) atoms. The Labute approximate surface area is 131 Å². The lowest BCUT2D eigenvalue weighted by Crippen LogP contribution is -1.90. The van der Waals surface area contributed by atoms with Crippen molar-refractivity contribution in [2.75, 3.05) is 5.73 Å². The van der Waals surface area contributed by atoms with Crippen LogP contribution in [0.4, 0.5) is 5.88 Å². The van der Waals surface area contributed by atoms with Crippen LogP contribution in [0.1, 0.15) is 11.1 Å². The quantitative estimate of drug-likeness (QED) is 0.715. The predicted molar refractivity (Wildman–Crippen MR) is 89.0 cm³/mol. The molecule has 2 aromatic carbocycles. The highest BCUT2D eigenvalue weighted by Crippen LogP contribution is 2.38. The molecule has 0 bridgehead atoms. The van der Waals surface area contributed by atoms with Gasteiger partial charge in [-0.1, -0.05) is 50.9 Å². The van der Waals surface area contributed by atoms with Gasteiger partial charge in [0.2, 0.25) is 5.88 Å². The molecule has 0 unspecified atom stereocenters. The van der Waals surface area contributed by atoms with Crippen molar-refractivity contribution in [1.82, 2.24) is 5.16 Å². The van der Waals surface area contributed by atoms with Crippen molar-refractivity contribution < 1.29 is 4.52 Å². The molecule has 2 N–H and O–H groups in total. The number of nitrogens with zero attached hydrogens (tertiary/aromatic N) is 1. The molecule has 3 rings (SSSR count). The fourth-order valence-corrected chi connectivity index (χ4v) is 2.64. The first-order chi connectivity index (χ1) is 10.1. The fourth-order valence-electron chi connectivity index (χ4n) is 2.37. The number of aromatic nitrogens is 1. The topological polar surface area (TPSA) is 52.0 Å². The summed E-state index contributed by atoms with van der Waals surface area (Å²) in [4.78, 5) is 0. The second-order valence-corrected chi connectivity index (χ2v) is 6.01. The minimum atomic E-state index is 0.341. The Balaban J connectivity index is 2.21. The van der Waals surface area contributed by atoms with E-state index in [1.165, 1.54) is 5.56 Å². The average Bonchev–Trinajstić information content (AvgIpc) is 2.84. The molecular weight excluding hydrogens is 328 g/mol. The Bertz CT molecular complexity index is 791. The zero-order valence-electron chi connectivity index (χ0n) is 11.9. The number of rotatable bonds is 2. The van der Waals surface area contributed by atoms with Crippen LogP contribution in [0.25, 0.3) is 22.4 Å². The summed E-state index contributed by atoms with van der Waals surface area (Å²) >= 11 is 3.44. The molecule has 0 aliphatic heterocycles. The zero-order chi connectivity index (χ0) is 15.0. The minimum Gasteiger partial charge on any atom is -0.367 e. The Morgan fingerprint density at radius 1 is 1.05 bits per heavy atom. The van der Waals surface area contributed by atoms with E-state index in [0.29, 0.717) is 5.88 Å². The van der Waals surface area contributed by atoms with Crippen molar-refractivity contribution in [3.8, 4) is 22.4 Å². The molecule has 0 amide bonds. The summed E-state index contributed by atoms with van der Waals surface area (Å²) in [5, 5.41) is 4.18. The molecule has 0 atom stereocenters. The number of aryl methyl sites for hydroxylation is 2. The van der Waals surface area contributed by atoms with Gasteiger partial charge in [-0.25, -0.2) is 0 Å². The van der Waals surface area contributed by atoms with Gasteiger partial charge >= 0.3 is 0 Å².